The lowest BCUT2D eigenvalue weighted by atomic mass is 10.1. The molecule has 0 aromatic heterocycles. The Morgan fingerprint density at radius 3 is 2.43 bits per heavy atom. The first-order valence-electron chi connectivity index (χ1n) is 9.47. The van der Waals surface area contributed by atoms with Gasteiger partial charge in [0.2, 0.25) is 0 Å². The van der Waals surface area contributed by atoms with Gasteiger partial charge in [-0.1, -0.05) is 42.5 Å². The molecule has 0 aliphatic rings. The summed E-state index contributed by atoms with van der Waals surface area (Å²) in [4.78, 5) is 25.6. The number of aromatic hydroxyl groups is 1. The second-order valence-corrected chi connectivity index (χ2v) is 6.35. The fourth-order valence-electron chi connectivity index (χ4n) is 2.77. The second kappa shape index (κ2) is 9.93. The number of hydrogen-bond donors (Lipinski definition) is 3. The standard InChI is InChI=1S/C24H22N2O4/c1-2-30-22-14-7-6-11-18(22)15-21(26-23(28)17-9-4-3-5-10-17)24(29)25-19-12-8-13-20(27)16-19/h3-16,27H,2H2,1H3,(H,25,29)(H,26,28). The van der Waals surface area contributed by atoms with Gasteiger partial charge in [-0.25, -0.2) is 0 Å². The van der Waals surface area contributed by atoms with Crippen molar-refractivity contribution in [2.24, 2.45) is 0 Å². The maximum absolute atomic E-state index is 12.9. The number of para-hydroxylation sites is 1. The fourth-order valence-corrected chi connectivity index (χ4v) is 2.77. The highest BCUT2D eigenvalue weighted by molar-refractivity contribution is 6.10. The molecule has 3 aromatic rings. The van der Waals surface area contributed by atoms with Crippen LogP contribution in [0.25, 0.3) is 6.08 Å². The predicted molar refractivity (Wildman–Crippen MR) is 116 cm³/mol. The van der Waals surface area contributed by atoms with Gasteiger partial charge in [0, 0.05) is 22.9 Å². The summed E-state index contributed by atoms with van der Waals surface area (Å²) in [6.07, 6.45) is 1.56. The molecule has 3 rings (SSSR count). The summed E-state index contributed by atoms with van der Waals surface area (Å²) in [7, 11) is 0. The van der Waals surface area contributed by atoms with E-state index in [1.807, 2.05) is 19.1 Å². The van der Waals surface area contributed by atoms with Crippen LogP contribution in [-0.2, 0) is 4.79 Å². The van der Waals surface area contributed by atoms with Crippen molar-refractivity contribution in [1.29, 1.82) is 0 Å². The molecule has 2 amide bonds. The van der Waals surface area contributed by atoms with Gasteiger partial charge in [-0.2, -0.15) is 0 Å². The van der Waals surface area contributed by atoms with Gasteiger partial charge in [-0.3, -0.25) is 9.59 Å². The summed E-state index contributed by atoms with van der Waals surface area (Å²) in [5.41, 5.74) is 1.51. The molecular weight excluding hydrogens is 380 g/mol. The lowest BCUT2D eigenvalue weighted by Gasteiger charge is -2.13. The van der Waals surface area contributed by atoms with Gasteiger partial charge in [-0.15, -0.1) is 0 Å². The molecule has 0 bridgehead atoms. The highest BCUT2D eigenvalue weighted by Crippen LogP contribution is 2.22. The van der Waals surface area contributed by atoms with Gasteiger partial charge in [-0.05, 0) is 43.3 Å². The number of rotatable bonds is 7. The lowest BCUT2D eigenvalue weighted by Crippen LogP contribution is -2.30. The van der Waals surface area contributed by atoms with Crippen molar-refractivity contribution in [3.8, 4) is 11.5 Å². The Balaban J connectivity index is 1.93. The first kappa shape index (κ1) is 20.7. The van der Waals surface area contributed by atoms with Crippen molar-refractivity contribution in [2.45, 2.75) is 6.92 Å². The Morgan fingerprint density at radius 1 is 0.967 bits per heavy atom. The van der Waals surface area contributed by atoms with E-state index >= 15 is 0 Å². The largest absolute Gasteiger partial charge is 0.508 e. The van der Waals surface area contributed by atoms with E-state index < -0.39 is 11.8 Å². The van der Waals surface area contributed by atoms with Crippen LogP contribution in [0.4, 0.5) is 5.69 Å². The van der Waals surface area contributed by atoms with E-state index in [1.54, 1.807) is 60.7 Å². The molecule has 0 aliphatic heterocycles. The number of phenolic OH excluding ortho intramolecular Hbond substituents is 1. The third-order valence-corrected chi connectivity index (χ3v) is 4.15. The average Bonchev–Trinajstić information content (AvgIpc) is 2.75. The number of carbonyl (C=O) groups excluding carboxylic acids is 2. The van der Waals surface area contributed by atoms with Crippen molar-refractivity contribution < 1.29 is 19.4 Å². The molecule has 0 radical (unpaired) electrons. The van der Waals surface area contributed by atoms with Crippen LogP contribution >= 0.6 is 0 Å². The van der Waals surface area contributed by atoms with Crippen LogP contribution < -0.4 is 15.4 Å². The first-order valence-corrected chi connectivity index (χ1v) is 9.47. The van der Waals surface area contributed by atoms with E-state index in [9.17, 15) is 14.7 Å². The Hall–Kier alpha value is -4.06. The number of nitrogens with one attached hydrogen (secondary N) is 2. The fraction of sp³-hybridized carbons (Fsp3) is 0.0833. The number of ether oxygens (including phenoxy) is 1. The highest BCUT2D eigenvalue weighted by Gasteiger charge is 2.16. The zero-order chi connectivity index (χ0) is 21.3. The number of phenols is 1. The molecule has 30 heavy (non-hydrogen) atoms. The molecule has 3 N–H and O–H groups in total. The maximum atomic E-state index is 12.9. The van der Waals surface area contributed by atoms with Crippen molar-refractivity contribution in [3.05, 3.63) is 95.7 Å². The normalized spacial score (nSPS) is 10.9. The number of anilines is 1. The molecule has 0 spiro atoms. The monoisotopic (exact) mass is 402 g/mol. The number of hydrogen-bond acceptors (Lipinski definition) is 4. The highest BCUT2D eigenvalue weighted by atomic mass is 16.5. The Bertz CT molecular complexity index is 1060. The summed E-state index contributed by atoms with van der Waals surface area (Å²) in [5, 5.41) is 15.0. The average molecular weight is 402 g/mol. The second-order valence-electron chi connectivity index (χ2n) is 6.35. The molecule has 0 fully saturated rings. The van der Waals surface area contributed by atoms with Crippen molar-refractivity contribution in [2.75, 3.05) is 11.9 Å². The zero-order valence-electron chi connectivity index (χ0n) is 16.5. The van der Waals surface area contributed by atoms with Crippen molar-refractivity contribution in [1.82, 2.24) is 5.32 Å². The molecule has 0 atom stereocenters. The van der Waals surface area contributed by atoms with Gasteiger partial charge in [0.25, 0.3) is 11.8 Å². The summed E-state index contributed by atoms with van der Waals surface area (Å²) in [6.45, 7) is 2.33. The molecule has 0 aliphatic carbocycles. The quantitative estimate of drug-likeness (QED) is 0.517. The van der Waals surface area contributed by atoms with Crippen LogP contribution in [0.1, 0.15) is 22.8 Å². The molecular formula is C24H22N2O4. The van der Waals surface area contributed by atoms with Crippen LogP contribution in [0, 0.1) is 0 Å². The van der Waals surface area contributed by atoms with Gasteiger partial charge in [0.1, 0.15) is 17.2 Å². The molecule has 3 aromatic carbocycles. The zero-order valence-corrected chi connectivity index (χ0v) is 16.5. The van der Waals surface area contributed by atoms with E-state index in [4.69, 9.17) is 4.74 Å². The summed E-state index contributed by atoms with van der Waals surface area (Å²) >= 11 is 0. The third kappa shape index (κ3) is 5.48. The maximum Gasteiger partial charge on any atom is 0.272 e. The van der Waals surface area contributed by atoms with Gasteiger partial charge >= 0.3 is 0 Å². The molecule has 0 unspecified atom stereocenters. The summed E-state index contributed by atoms with van der Waals surface area (Å²) in [5.74, 6) is -0.331. The van der Waals surface area contributed by atoms with Crippen LogP contribution in [0.15, 0.2) is 84.6 Å². The molecule has 6 heteroatoms. The van der Waals surface area contributed by atoms with Gasteiger partial charge in [0.05, 0.1) is 6.61 Å². The minimum absolute atomic E-state index is 0.0216. The van der Waals surface area contributed by atoms with Crippen LogP contribution in [-0.4, -0.2) is 23.5 Å². The Labute approximate surface area is 174 Å². The summed E-state index contributed by atoms with van der Waals surface area (Å²) in [6, 6.07) is 22.0. The topological polar surface area (TPSA) is 87.7 Å². The van der Waals surface area contributed by atoms with Crippen LogP contribution in [0.5, 0.6) is 11.5 Å². The van der Waals surface area contributed by atoms with Crippen molar-refractivity contribution >= 4 is 23.6 Å². The van der Waals surface area contributed by atoms with E-state index in [1.165, 1.54) is 12.1 Å². The molecule has 152 valence electrons. The van der Waals surface area contributed by atoms with E-state index in [-0.39, 0.29) is 11.4 Å². The number of benzene rings is 3. The molecule has 0 saturated carbocycles. The SMILES string of the molecule is CCOc1ccccc1C=C(NC(=O)c1ccccc1)C(=O)Nc1cccc(O)c1. The lowest BCUT2D eigenvalue weighted by molar-refractivity contribution is -0.113. The predicted octanol–water partition coefficient (Wildman–Crippen LogP) is 4.20. The first-order chi connectivity index (χ1) is 14.6. The molecule has 0 heterocycles. The number of amides is 2. The van der Waals surface area contributed by atoms with E-state index in [2.05, 4.69) is 10.6 Å². The summed E-state index contributed by atoms with van der Waals surface area (Å²) < 4.78 is 5.62. The van der Waals surface area contributed by atoms with E-state index in [0.29, 0.717) is 29.2 Å². The van der Waals surface area contributed by atoms with Gasteiger partial charge < -0.3 is 20.5 Å². The smallest absolute Gasteiger partial charge is 0.272 e. The van der Waals surface area contributed by atoms with Crippen LogP contribution in [0.2, 0.25) is 0 Å². The van der Waals surface area contributed by atoms with Gasteiger partial charge in [0.15, 0.2) is 0 Å². The van der Waals surface area contributed by atoms with Crippen LogP contribution in [0.3, 0.4) is 0 Å². The van der Waals surface area contributed by atoms with E-state index in [0.717, 1.165) is 0 Å². The number of carbonyl (C=O) groups is 2. The minimum atomic E-state index is -0.531. The Morgan fingerprint density at radius 2 is 1.70 bits per heavy atom. The van der Waals surface area contributed by atoms with Crippen molar-refractivity contribution in [3.63, 3.8) is 0 Å². The molecule has 6 nitrogen and oxygen atoms in total. The molecule has 0 saturated heterocycles. The third-order valence-electron chi connectivity index (χ3n) is 4.15. The minimum Gasteiger partial charge on any atom is -0.508 e. The Kier molecular flexibility index (Phi) is 6.84.